The average molecular weight is 351 g/mol. The number of hydrogen-bond acceptors (Lipinski definition) is 2. The van der Waals surface area contributed by atoms with Crippen LogP contribution in [0.15, 0.2) is 36.4 Å². The Balaban J connectivity index is 2.49. The van der Waals surface area contributed by atoms with Gasteiger partial charge in [0.25, 0.3) is 0 Å². The van der Waals surface area contributed by atoms with Crippen molar-refractivity contribution in [3.8, 4) is 5.75 Å². The fourth-order valence-corrected chi connectivity index (χ4v) is 4.47. The van der Waals surface area contributed by atoms with Crippen molar-refractivity contribution in [2.75, 3.05) is 0 Å². The summed E-state index contributed by atoms with van der Waals surface area (Å²) in [6.45, 7) is 17.2. The standard InChI is InChI=1S/C24H30O2/c1-15-12-16(2)14-17(13-15)24(23(6,7)8)20-18(22(3,4)5)10-9-11-19(20)26-21(24)25/h9-14H,1-8H3. The third-order valence-electron chi connectivity index (χ3n) is 5.50. The van der Waals surface area contributed by atoms with Gasteiger partial charge in [0.1, 0.15) is 11.2 Å². The molecular formula is C24H30O2. The van der Waals surface area contributed by atoms with E-state index in [0.717, 1.165) is 22.3 Å². The third kappa shape index (κ3) is 2.58. The Labute approximate surface area is 157 Å². The van der Waals surface area contributed by atoms with Gasteiger partial charge in [-0.15, -0.1) is 0 Å². The molecule has 26 heavy (non-hydrogen) atoms. The molecule has 2 aromatic rings. The van der Waals surface area contributed by atoms with E-state index in [-0.39, 0.29) is 16.8 Å². The number of carbonyl (C=O) groups is 1. The quantitative estimate of drug-likeness (QED) is 0.476. The number of rotatable bonds is 1. The summed E-state index contributed by atoms with van der Waals surface area (Å²) < 4.78 is 5.88. The van der Waals surface area contributed by atoms with Crippen LogP contribution in [0.2, 0.25) is 0 Å². The molecular weight excluding hydrogens is 320 g/mol. The third-order valence-corrected chi connectivity index (χ3v) is 5.50. The van der Waals surface area contributed by atoms with Gasteiger partial charge in [-0.3, -0.25) is 4.79 Å². The molecule has 0 N–H and O–H groups in total. The molecule has 0 radical (unpaired) electrons. The van der Waals surface area contributed by atoms with E-state index in [0.29, 0.717) is 5.75 Å². The molecule has 1 aliphatic heterocycles. The lowest BCUT2D eigenvalue weighted by Crippen LogP contribution is -2.47. The number of fused-ring (bicyclic) bond motifs is 1. The van der Waals surface area contributed by atoms with Crippen LogP contribution in [-0.4, -0.2) is 5.97 Å². The summed E-state index contributed by atoms with van der Waals surface area (Å²) in [5.41, 5.74) is 4.33. The molecule has 0 spiro atoms. The van der Waals surface area contributed by atoms with Gasteiger partial charge in [0.05, 0.1) is 0 Å². The fourth-order valence-electron chi connectivity index (χ4n) is 4.47. The van der Waals surface area contributed by atoms with Crippen LogP contribution < -0.4 is 4.74 Å². The summed E-state index contributed by atoms with van der Waals surface area (Å²) in [6, 6.07) is 12.5. The summed E-state index contributed by atoms with van der Waals surface area (Å²) >= 11 is 0. The summed E-state index contributed by atoms with van der Waals surface area (Å²) in [7, 11) is 0. The zero-order valence-corrected chi connectivity index (χ0v) is 17.3. The molecule has 2 heteroatoms. The van der Waals surface area contributed by atoms with Gasteiger partial charge >= 0.3 is 5.97 Å². The zero-order chi connectivity index (χ0) is 19.5. The number of carbonyl (C=O) groups excluding carboxylic acids is 1. The van der Waals surface area contributed by atoms with Crippen LogP contribution in [0.4, 0.5) is 0 Å². The molecule has 0 saturated carbocycles. The minimum absolute atomic E-state index is 0.0886. The van der Waals surface area contributed by atoms with Crippen LogP contribution in [0, 0.1) is 19.3 Å². The Kier molecular flexibility index (Phi) is 4.10. The van der Waals surface area contributed by atoms with E-state index < -0.39 is 5.41 Å². The lowest BCUT2D eigenvalue weighted by molar-refractivity contribution is -0.140. The summed E-state index contributed by atoms with van der Waals surface area (Å²) in [4.78, 5) is 13.5. The van der Waals surface area contributed by atoms with Crippen molar-refractivity contribution in [1.82, 2.24) is 0 Å². The highest BCUT2D eigenvalue weighted by Crippen LogP contribution is 2.57. The maximum atomic E-state index is 13.5. The van der Waals surface area contributed by atoms with E-state index in [2.05, 4.69) is 79.7 Å². The Hall–Kier alpha value is -2.09. The van der Waals surface area contributed by atoms with Gasteiger partial charge in [0.15, 0.2) is 0 Å². The minimum atomic E-state index is -0.816. The zero-order valence-electron chi connectivity index (χ0n) is 17.3. The molecule has 0 aromatic heterocycles. The second kappa shape index (κ2) is 5.70. The van der Waals surface area contributed by atoms with Crippen LogP contribution >= 0.6 is 0 Å². The van der Waals surface area contributed by atoms with Crippen molar-refractivity contribution in [2.45, 2.75) is 66.2 Å². The van der Waals surface area contributed by atoms with Crippen LogP contribution in [0.1, 0.15) is 69.4 Å². The smallest absolute Gasteiger partial charge is 0.327 e. The van der Waals surface area contributed by atoms with Crippen molar-refractivity contribution in [1.29, 1.82) is 0 Å². The molecule has 0 bridgehead atoms. The van der Waals surface area contributed by atoms with Crippen LogP contribution in [0.5, 0.6) is 5.75 Å². The Morgan fingerprint density at radius 1 is 0.885 bits per heavy atom. The molecule has 138 valence electrons. The summed E-state index contributed by atoms with van der Waals surface area (Å²) in [5, 5.41) is 0. The first kappa shape index (κ1) is 18.7. The van der Waals surface area contributed by atoms with Gasteiger partial charge in [-0.25, -0.2) is 0 Å². The van der Waals surface area contributed by atoms with Crippen LogP contribution in [0.25, 0.3) is 0 Å². The predicted octanol–water partition coefficient (Wildman–Crippen LogP) is 5.85. The SMILES string of the molecule is Cc1cc(C)cc(C2(C(C)(C)C)C(=O)Oc3cccc(C(C)(C)C)c32)c1. The monoisotopic (exact) mass is 350 g/mol. The second-order valence-electron chi connectivity index (χ2n) is 9.69. The summed E-state index contributed by atoms with van der Waals surface area (Å²) in [6.07, 6.45) is 0. The highest BCUT2D eigenvalue weighted by Gasteiger charge is 2.59. The largest absolute Gasteiger partial charge is 0.425 e. The van der Waals surface area contributed by atoms with Gasteiger partial charge in [0.2, 0.25) is 0 Å². The average Bonchev–Trinajstić information content (AvgIpc) is 2.77. The molecule has 1 heterocycles. The van der Waals surface area contributed by atoms with E-state index in [1.807, 2.05) is 12.1 Å². The van der Waals surface area contributed by atoms with E-state index in [1.54, 1.807) is 0 Å². The van der Waals surface area contributed by atoms with E-state index in [1.165, 1.54) is 5.56 Å². The second-order valence-corrected chi connectivity index (χ2v) is 9.69. The molecule has 2 aromatic carbocycles. The molecule has 1 atom stereocenters. The van der Waals surface area contributed by atoms with Crippen LogP contribution in [-0.2, 0) is 15.6 Å². The van der Waals surface area contributed by atoms with Crippen molar-refractivity contribution in [3.05, 3.63) is 64.2 Å². The molecule has 1 aliphatic rings. The van der Waals surface area contributed by atoms with Gasteiger partial charge in [-0.1, -0.05) is 83.0 Å². The normalized spacial score (nSPS) is 20.1. The van der Waals surface area contributed by atoms with Gasteiger partial charge in [-0.2, -0.15) is 0 Å². The van der Waals surface area contributed by atoms with E-state index in [9.17, 15) is 4.79 Å². The predicted molar refractivity (Wildman–Crippen MR) is 107 cm³/mol. The van der Waals surface area contributed by atoms with Gasteiger partial charge in [0, 0.05) is 5.56 Å². The fraction of sp³-hybridized carbons (Fsp3) is 0.458. The maximum absolute atomic E-state index is 13.5. The first-order chi connectivity index (χ1) is 11.9. The van der Waals surface area contributed by atoms with Crippen molar-refractivity contribution in [3.63, 3.8) is 0 Å². The van der Waals surface area contributed by atoms with Gasteiger partial charge < -0.3 is 4.74 Å². The highest BCUT2D eigenvalue weighted by atomic mass is 16.5. The Morgan fingerprint density at radius 3 is 1.96 bits per heavy atom. The first-order valence-corrected chi connectivity index (χ1v) is 9.34. The molecule has 0 amide bonds. The Bertz CT molecular complexity index is 858. The summed E-state index contributed by atoms with van der Waals surface area (Å²) in [5.74, 6) is 0.540. The molecule has 0 aliphatic carbocycles. The topological polar surface area (TPSA) is 26.3 Å². The number of benzene rings is 2. The van der Waals surface area contributed by atoms with E-state index in [4.69, 9.17) is 4.74 Å². The van der Waals surface area contributed by atoms with Crippen LogP contribution in [0.3, 0.4) is 0 Å². The number of hydrogen-bond donors (Lipinski definition) is 0. The molecule has 2 nitrogen and oxygen atoms in total. The highest BCUT2D eigenvalue weighted by molar-refractivity contribution is 5.96. The van der Waals surface area contributed by atoms with E-state index >= 15 is 0 Å². The molecule has 0 fully saturated rings. The molecule has 3 rings (SSSR count). The van der Waals surface area contributed by atoms with Crippen molar-refractivity contribution >= 4 is 5.97 Å². The number of esters is 1. The van der Waals surface area contributed by atoms with Crippen molar-refractivity contribution in [2.24, 2.45) is 5.41 Å². The van der Waals surface area contributed by atoms with Crippen molar-refractivity contribution < 1.29 is 9.53 Å². The number of aryl methyl sites for hydroxylation is 2. The number of ether oxygens (including phenoxy) is 1. The maximum Gasteiger partial charge on any atom is 0.327 e. The van der Waals surface area contributed by atoms with Gasteiger partial charge in [-0.05, 0) is 41.9 Å². The minimum Gasteiger partial charge on any atom is -0.425 e. The lowest BCUT2D eigenvalue weighted by atomic mass is 9.57. The molecule has 1 unspecified atom stereocenters. The molecule has 0 saturated heterocycles. The lowest BCUT2D eigenvalue weighted by Gasteiger charge is -2.42. The Morgan fingerprint density at radius 2 is 1.46 bits per heavy atom. The first-order valence-electron chi connectivity index (χ1n) is 9.34.